The van der Waals surface area contributed by atoms with Gasteiger partial charge in [-0.15, -0.1) is 0 Å². The number of imidazole rings is 1. The van der Waals surface area contributed by atoms with Gasteiger partial charge in [-0.25, -0.2) is 4.98 Å². The molecule has 0 saturated carbocycles. The fourth-order valence-electron chi connectivity index (χ4n) is 2.28. The number of fused-ring (bicyclic) bond motifs is 1. The third kappa shape index (κ3) is 2.68. The molecule has 0 atom stereocenters. The molecular formula is C14H20ClN3. The minimum atomic E-state index is 0.510. The molecule has 1 aromatic heterocycles. The lowest BCUT2D eigenvalue weighted by atomic mass is 10.2. The van der Waals surface area contributed by atoms with E-state index in [1.165, 1.54) is 11.1 Å². The van der Waals surface area contributed by atoms with Crippen LogP contribution >= 0.6 is 11.6 Å². The predicted octanol–water partition coefficient (Wildman–Crippen LogP) is 3.08. The maximum atomic E-state index is 6.07. The number of aromatic nitrogens is 2. The van der Waals surface area contributed by atoms with E-state index in [9.17, 15) is 0 Å². The highest BCUT2D eigenvalue weighted by atomic mass is 35.5. The van der Waals surface area contributed by atoms with Crippen LogP contribution < -0.4 is 5.32 Å². The molecule has 0 saturated heterocycles. The third-order valence-corrected chi connectivity index (χ3v) is 3.34. The van der Waals surface area contributed by atoms with E-state index >= 15 is 0 Å². The van der Waals surface area contributed by atoms with Gasteiger partial charge in [-0.2, -0.15) is 0 Å². The quantitative estimate of drug-likeness (QED) is 0.921. The Labute approximate surface area is 113 Å². The Hall–Kier alpha value is -1.06. The van der Waals surface area contributed by atoms with Crippen LogP contribution in [0, 0.1) is 6.92 Å². The topological polar surface area (TPSA) is 29.9 Å². The molecule has 0 spiro atoms. The van der Waals surface area contributed by atoms with Gasteiger partial charge >= 0.3 is 0 Å². The van der Waals surface area contributed by atoms with Crippen molar-refractivity contribution in [3.63, 3.8) is 0 Å². The molecule has 4 heteroatoms. The number of benzene rings is 1. The first kappa shape index (κ1) is 13.4. The van der Waals surface area contributed by atoms with Crippen LogP contribution in [0.2, 0.25) is 5.02 Å². The average molecular weight is 266 g/mol. The number of hydrogen-bond donors (Lipinski definition) is 1. The van der Waals surface area contributed by atoms with E-state index in [2.05, 4.69) is 42.7 Å². The third-order valence-electron chi connectivity index (χ3n) is 3.12. The minimum absolute atomic E-state index is 0.510. The van der Waals surface area contributed by atoms with E-state index in [0.717, 1.165) is 29.3 Å². The van der Waals surface area contributed by atoms with Crippen LogP contribution in [0.1, 0.15) is 25.2 Å². The maximum absolute atomic E-state index is 6.07. The SMILES string of the molecule is Cc1cc(Cl)cc2nc(CCNC(C)C)n(C)c12. The molecule has 0 aliphatic rings. The maximum Gasteiger partial charge on any atom is 0.110 e. The summed E-state index contributed by atoms with van der Waals surface area (Å²) in [5.74, 6) is 1.10. The van der Waals surface area contributed by atoms with Crippen molar-refractivity contribution in [1.29, 1.82) is 0 Å². The van der Waals surface area contributed by atoms with Crippen LogP contribution in [0.4, 0.5) is 0 Å². The van der Waals surface area contributed by atoms with Crippen molar-refractivity contribution >= 4 is 22.6 Å². The number of aryl methyl sites for hydroxylation is 2. The van der Waals surface area contributed by atoms with Crippen molar-refractivity contribution in [3.05, 3.63) is 28.5 Å². The zero-order valence-corrected chi connectivity index (χ0v) is 12.2. The van der Waals surface area contributed by atoms with Gasteiger partial charge in [-0.05, 0) is 24.6 Å². The fourth-order valence-corrected chi connectivity index (χ4v) is 2.55. The Morgan fingerprint density at radius 1 is 1.39 bits per heavy atom. The Balaban J connectivity index is 2.30. The average Bonchev–Trinajstić information content (AvgIpc) is 2.55. The number of rotatable bonds is 4. The number of hydrogen-bond acceptors (Lipinski definition) is 2. The summed E-state index contributed by atoms with van der Waals surface area (Å²) in [6.07, 6.45) is 0.931. The molecule has 1 aromatic carbocycles. The van der Waals surface area contributed by atoms with Gasteiger partial charge in [0.15, 0.2) is 0 Å². The highest BCUT2D eigenvalue weighted by Gasteiger charge is 2.10. The second-order valence-electron chi connectivity index (χ2n) is 5.04. The van der Waals surface area contributed by atoms with E-state index in [-0.39, 0.29) is 0 Å². The summed E-state index contributed by atoms with van der Waals surface area (Å²) in [7, 11) is 2.07. The van der Waals surface area contributed by atoms with Gasteiger partial charge in [0.05, 0.1) is 11.0 Å². The molecule has 2 rings (SSSR count). The second kappa shape index (κ2) is 5.29. The summed E-state index contributed by atoms with van der Waals surface area (Å²) >= 11 is 6.07. The van der Waals surface area contributed by atoms with Crippen molar-refractivity contribution in [3.8, 4) is 0 Å². The first-order valence-electron chi connectivity index (χ1n) is 6.34. The molecule has 98 valence electrons. The molecule has 0 fully saturated rings. The monoisotopic (exact) mass is 265 g/mol. The number of nitrogens with zero attached hydrogens (tertiary/aromatic N) is 2. The Bertz CT molecular complexity index is 558. The van der Waals surface area contributed by atoms with Gasteiger partial charge in [0.1, 0.15) is 5.82 Å². The molecule has 0 radical (unpaired) electrons. The molecule has 2 aromatic rings. The van der Waals surface area contributed by atoms with Crippen molar-refractivity contribution in [2.45, 2.75) is 33.2 Å². The van der Waals surface area contributed by atoms with Crippen LogP contribution in [-0.4, -0.2) is 22.1 Å². The summed E-state index contributed by atoms with van der Waals surface area (Å²) < 4.78 is 2.17. The fraction of sp³-hybridized carbons (Fsp3) is 0.500. The molecule has 0 bridgehead atoms. The zero-order chi connectivity index (χ0) is 13.3. The van der Waals surface area contributed by atoms with Gasteiger partial charge in [-0.3, -0.25) is 0 Å². The first-order chi connectivity index (χ1) is 8.49. The molecule has 0 unspecified atom stereocenters. The molecule has 1 heterocycles. The largest absolute Gasteiger partial charge is 0.331 e. The van der Waals surface area contributed by atoms with E-state index in [4.69, 9.17) is 11.6 Å². The molecule has 1 N–H and O–H groups in total. The lowest BCUT2D eigenvalue weighted by Crippen LogP contribution is -2.25. The predicted molar refractivity (Wildman–Crippen MR) is 77.3 cm³/mol. The normalized spacial score (nSPS) is 11.7. The lowest BCUT2D eigenvalue weighted by Gasteiger charge is -2.08. The standard InChI is InChI=1S/C14H20ClN3/c1-9(2)16-6-5-13-17-12-8-11(15)7-10(3)14(12)18(13)4/h7-9,16H,5-6H2,1-4H3. The molecule has 0 aliphatic heterocycles. The molecular weight excluding hydrogens is 246 g/mol. The molecule has 18 heavy (non-hydrogen) atoms. The lowest BCUT2D eigenvalue weighted by molar-refractivity contribution is 0.578. The van der Waals surface area contributed by atoms with Gasteiger partial charge in [0.2, 0.25) is 0 Å². The van der Waals surface area contributed by atoms with E-state index in [1.54, 1.807) is 0 Å². The van der Waals surface area contributed by atoms with Gasteiger partial charge in [0.25, 0.3) is 0 Å². The minimum Gasteiger partial charge on any atom is -0.331 e. The van der Waals surface area contributed by atoms with Crippen molar-refractivity contribution in [1.82, 2.24) is 14.9 Å². The summed E-state index contributed by atoms with van der Waals surface area (Å²) in [5.41, 5.74) is 3.34. The Morgan fingerprint density at radius 3 is 2.78 bits per heavy atom. The second-order valence-corrected chi connectivity index (χ2v) is 5.47. The van der Waals surface area contributed by atoms with Gasteiger partial charge in [0, 0.05) is 31.1 Å². The van der Waals surface area contributed by atoms with E-state index in [0.29, 0.717) is 6.04 Å². The summed E-state index contributed by atoms with van der Waals surface area (Å²) in [5, 5.41) is 4.17. The summed E-state index contributed by atoms with van der Waals surface area (Å²) in [6.45, 7) is 7.32. The highest BCUT2D eigenvalue weighted by molar-refractivity contribution is 6.31. The smallest absolute Gasteiger partial charge is 0.110 e. The van der Waals surface area contributed by atoms with Crippen molar-refractivity contribution in [2.75, 3.05) is 6.54 Å². The van der Waals surface area contributed by atoms with Crippen LogP contribution in [0.25, 0.3) is 11.0 Å². The van der Waals surface area contributed by atoms with Crippen LogP contribution in [0.5, 0.6) is 0 Å². The molecule has 0 amide bonds. The number of halogens is 1. The first-order valence-corrected chi connectivity index (χ1v) is 6.71. The van der Waals surface area contributed by atoms with Crippen LogP contribution in [-0.2, 0) is 13.5 Å². The highest BCUT2D eigenvalue weighted by Crippen LogP contribution is 2.23. The van der Waals surface area contributed by atoms with E-state index < -0.39 is 0 Å². The van der Waals surface area contributed by atoms with Crippen molar-refractivity contribution in [2.24, 2.45) is 7.05 Å². The number of nitrogens with one attached hydrogen (secondary N) is 1. The molecule has 0 aliphatic carbocycles. The van der Waals surface area contributed by atoms with Crippen molar-refractivity contribution < 1.29 is 0 Å². The summed E-state index contributed by atoms with van der Waals surface area (Å²) in [6, 6.07) is 4.43. The summed E-state index contributed by atoms with van der Waals surface area (Å²) in [4.78, 5) is 4.67. The van der Waals surface area contributed by atoms with Crippen LogP contribution in [0.15, 0.2) is 12.1 Å². The van der Waals surface area contributed by atoms with Crippen LogP contribution in [0.3, 0.4) is 0 Å². The van der Waals surface area contributed by atoms with E-state index in [1.807, 2.05) is 12.1 Å². The van der Waals surface area contributed by atoms with Gasteiger partial charge < -0.3 is 9.88 Å². The Kier molecular flexibility index (Phi) is 3.93. The zero-order valence-electron chi connectivity index (χ0n) is 11.4. The van der Waals surface area contributed by atoms with Gasteiger partial charge in [-0.1, -0.05) is 25.4 Å². The molecule has 3 nitrogen and oxygen atoms in total. The Morgan fingerprint density at radius 2 is 2.11 bits per heavy atom.